The van der Waals surface area contributed by atoms with E-state index < -0.39 is 5.97 Å². The van der Waals surface area contributed by atoms with E-state index in [0.29, 0.717) is 5.57 Å². The van der Waals surface area contributed by atoms with Gasteiger partial charge in [0.2, 0.25) is 0 Å². The van der Waals surface area contributed by atoms with E-state index in [1.54, 1.807) is 13.0 Å². The van der Waals surface area contributed by atoms with Crippen molar-refractivity contribution in [3.05, 3.63) is 41.5 Å². The molecule has 0 aliphatic rings. The number of carbonyl (C=O) groups is 1. The lowest BCUT2D eigenvalue weighted by Crippen LogP contribution is -2.00. The second-order valence-corrected chi connectivity index (χ2v) is 2.75. The summed E-state index contributed by atoms with van der Waals surface area (Å²) in [6.07, 6.45) is 8.41. The Morgan fingerprint density at radius 1 is 1.43 bits per heavy atom. The van der Waals surface area contributed by atoms with Gasteiger partial charge in [-0.2, -0.15) is 0 Å². The highest BCUT2D eigenvalue weighted by atomic mass is 16.5. The molecule has 70 valence electrons. The van der Waals surface area contributed by atoms with Gasteiger partial charge < -0.3 is 4.74 Å². The number of terminal acetylenes is 1. The number of carbonyl (C=O) groups excluding carboxylic acids is 1. The van der Waals surface area contributed by atoms with Crippen LogP contribution in [0.4, 0.5) is 0 Å². The second kappa shape index (κ2) is 4.88. The van der Waals surface area contributed by atoms with Crippen molar-refractivity contribution in [3.63, 3.8) is 0 Å². The van der Waals surface area contributed by atoms with Crippen LogP contribution in [-0.4, -0.2) is 5.97 Å². The first kappa shape index (κ1) is 10.1. The summed E-state index contributed by atoms with van der Waals surface area (Å²) >= 11 is 0. The Bertz CT molecular complexity index is 383. The fourth-order valence-electron chi connectivity index (χ4n) is 0.992. The molecule has 0 atom stereocenters. The number of benzene rings is 1. The lowest BCUT2D eigenvalue weighted by atomic mass is 10.1. The van der Waals surface area contributed by atoms with Crippen molar-refractivity contribution in [2.75, 3.05) is 0 Å². The maximum absolute atomic E-state index is 11.1. The molecule has 2 heteroatoms. The largest absolute Gasteiger partial charge is 0.369 e. The van der Waals surface area contributed by atoms with Gasteiger partial charge in [-0.3, -0.25) is 0 Å². The molecule has 0 aliphatic carbocycles. The van der Waals surface area contributed by atoms with Gasteiger partial charge in [-0.05, 0) is 18.6 Å². The molecule has 2 nitrogen and oxygen atoms in total. The van der Waals surface area contributed by atoms with Crippen LogP contribution in [0, 0.1) is 12.5 Å². The van der Waals surface area contributed by atoms with E-state index in [-0.39, 0.29) is 0 Å². The van der Waals surface area contributed by atoms with Gasteiger partial charge in [-0.1, -0.05) is 36.8 Å². The van der Waals surface area contributed by atoms with Crippen LogP contribution in [0.3, 0.4) is 0 Å². The molecule has 0 radical (unpaired) electrons. The molecule has 0 aromatic heterocycles. The van der Waals surface area contributed by atoms with E-state index in [2.05, 4.69) is 4.74 Å². The van der Waals surface area contributed by atoms with Crippen molar-refractivity contribution in [2.45, 2.75) is 6.92 Å². The van der Waals surface area contributed by atoms with Crippen LogP contribution in [-0.2, 0) is 9.53 Å². The van der Waals surface area contributed by atoms with Crippen LogP contribution >= 0.6 is 0 Å². The molecule has 0 unspecified atom stereocenters. The summed E-state index contributed by atoms with van der Waals surface area (Å²) in [6.45, 7) is 1.66. The standard InChI is InChI=1S/C12H10O2/c1-3-14-12(13)10(2)9-11-7-5-4-6-8-11/h1,4-9H,2H3. The predicted octanol–water partition coefficient (Wildman–Crippen LogP) is 2.22. The average molecular weight is 186 g/mol. The van der Waals surface area contributed by atoms with Crippen LogP contribution in [0.15, 0.2) is 35.9 Å². The first-order valence-electron chi connectivity index (χ1n) is 4.14. The third-order valence-electron chi connectivity index (χ3n) is 1.66. The number of ether oxygens (including phenoxy) is 1. The van der Waals surface area contributed by atoms with E-state index in [0.717, 1.165) is 5.56 Å². The molecule has 0 heterocycles. The van der Waals surface area contributed by atoms with Gasteiger partial charge in [-0.25, -0.2) is 4.79 Å². The lowest BCUT2D eigenvalue weighted by molar-refractivity contribution is -0.132. The molecule has 0 fully saturated rings. The normalized spacial score (nSPS) is 10.4. The van der Waals surface area contributed by atoms with E-state index >= 15 is 0 Å². The minimum Gasteiger partial charge on any atom is -0.369 e. The molecule has 0 aliphatic heterocycles. The summed E-state index contributed by atoms with van der Waals surface area (Å²) in [5.74, 6) is -0.489. The van der Waals surface area contributed by atoms with E-state index in [1.807, 2.05) is 36.4 Å². The smallest absolute Gasteiger partial charge is 0.347 e. The van der Waals surface area contributed by atoms with Crippen molar-refractivity contribution >= 4 is 12.0 Å². The van der Waals surface area contributed by atoms with Crippen LogP contribution in [0.25, 0.3) is 6.08 Å². The lowest BCUT2D eigenvalue weighted by Gasteiger charge is -1.97. The molecule has 0 saturated carbocycles. The maximum Gasteiger partial charge on any atom is 0.347 e. The van der Waals surface area contributed by atoms with Crippen LogP contribution < -0.4 is 0 Å². The fourth-order valence-corrected chi connectivity index (χ4v) is 0.992. The number of rotatable bonds is 2. The van der Waals surface area contributed by atoms with Gasteiger partial charge in [-0.15, -0.1) is 0 Å². The van der Waals surface area contributed by atoms with Crippen LogP contribution in [0.2, 0.25) is 0 Å². The van der Waals surface area contributed by atoms with E-state index in [1.165, 1.54) is 0 Å². The summed E-state index contributed by atoms with van der Waals surface area (Å²) < 4.78 is 4.40. The third kappa shape index (κ3) is 2.80. The van der Waals surface area contributed by atoms with E-state index in [4.69, 9.17) is 6.42 Å². The van der Waals surface area contributed by atoms with Crippen LogP contribution in [0.1, 0.15) is 12.5 Å². The maximum atomic E-state index is 11.1. The highest BCUT2D eigenvalue weighted by molar-refractivity contribution is 5.93. The molecule has 0 spiro atoms. The Balaban J connectivity index is 2.80. The van der Waals surface area contributed by atoms with Crippen molar-refractivity contribution in [1.82, 2.24) is 0 Å². The highest BCUT2D eigenvalue weighted by Crippen LogP contribution is 2.06. The topological polar surface area (TPSA) is 26.3 Å². The molecule has 1 aromatic rings. The second-order valence-electron chi connectivity index (χ2n) is 2.75. The average Bonchev–Trinajstić information content (AvgIpc) is 2.19. The zero-order valence-electron chi connectivity index (χ0n) is 7.86. The Labute approximate surface area is 83.2 Å². The molecular weight excluding hydrogens is 176 g/mol. The monoisotopic (exact) mass is 186 g/mol. The molecular formula is C12H10O2. The molecule has 0 N–H and O–H groups in total. The summed E-state index contributed by atoms with van der Waals surface area (Å²) in [7, 11) is 0. The Morgan fingerprint density at radius 3 is 2.64 bits per heavy atom. The summed E-state index contributed by atoms with van der Waals surface area (Å²) in [5.41, 5.74) is 1.42. The SMILES string of the molecule is C#COC(=O)C(C)=Cc1ccccc1. The minimum absolute atomic E-state index is 0.481. The third-order valence-corrected chi connectivity index (χ3v) is 1.66. The van der Waals surface area contributed by atoms with Gasteiger partial charge in [0.25, 0.3) is 0 Å². The fraction of sp³-hybridized carbons (Fsp3) is 0.0833. The minimum atomic E-state index is -0.489. The Hall–Kier alpha value is -2.01. The molecule has 1 aromatic carbocycles. The summed E-state index contributed by atoms with van der Waals surface area (Å²) in [4.78, 5) is 11.1. The van der Waals surface area contributed by atoms with Crippen molar-refractivity contribution in [1.29, 1.82) is 0 Å². The van der Waals surface area contributed by atoms with Gasteiger partial charge in [0, 0.05) is 5.57 Å². The Morgan fingerprint density at radius 2 is 2.07 bits per heavy atom. The molecule has 14 heavy (non-hydrogen) atoms. The first-order chi connectivity index (χ1) is 6.74. The molecule has 0 saturated heterocycles. The molecule has 1 rings (SSSR count). The van der Waals surface area contributed by atoms with Gasteiger partial charge >= 0.3 is 5.97 Å². The summed E-state index contributed by atoms with van der Waals surface area (Å²) in [6, 6.07) is 9.49. The molecule has 0 amide bonds. The quantitative estimate of drug-likeness (QED) is 0.402. The predicted molar refractivity (Wildman–Crippen MR) is 55.0 cm³/mol. The summed E-state index contributed by atoms with van der Waals surface area (Å²) in [5, 5.41) is 0. The zero-order valence-corrected chi connectivity index (χ0v) is 7.86. The number of hydrogen-bond acceptors (Lipinski definition) is 2. The van der Waals surface area contributed by atoms with Crippen molar-refractivity contribution in [2.24, 2.45) is 0 Å². The number of esters is 1. The van der Waals surface area contributed by atoms with Gasteiger partial charge in [0.05, 0.1) is 0 Å². The van der Waals surface area contributed by atoms with Crippen molar-refractivity contribution < 1.29 is 9.53 Å². The highest BCUT2D eigenvalue weighted by Gasteiger charge is 2.03. The molecule has 0 bridgehead atoms. The number of hydrogen-bond donors (Lipinski definition) is 0. The van der Waals surface area contributed by atoms with E-state index in [9.17, 15) is 4.79 Å². The van der Waals surface area contributed by atoms with Gasteiger partial charge in [0.1, 0.15) is 6.11 Å². The van der Waals surface area contributed by atoms with Gasteiger partial charge in [0.15, 0.2) is 0 Å². The van der Waals surface area contributed by atoms with Crippen LogP contribution in [0.5, 0.6) is 0 Å². The van der Waals surface area contributed by atoms with Crippen molar-refractivity contribution in [3.8, 4) is 12.5 Å². The first-order valence-corrected chi connectivity index (χ1v) is 4.14. The Kier molecular flexibility index (Phi) is 3.51. The zero-order chi connectivity index (χ0) is 10.4.